The first-order valence-corrected chi connectivity index (χ1v) is 7.60. The Morgan fingerprint density at radius 1 is 1.44 bits per heavy atom. The molecule has 0 fully saturated rings. The molecule has 96 valence electrons. The van der Waals surface area contributed by atoms with Gasteiger partial charge in [0.1, 0.15) is 6.04 Å². The Labute approximate surface area is 118 Å². The second-order valence-electron chi connectivity index (χ2n) is 5.08. The van der Waals surface area contributed by atoms with Crippen molar-refractivity contribution in [1.29, 1.82) is 5.26 Å². The number of rotatable bonds is 4. The summed E-state index contributed by atoms with van der Waals surface area (Å²) >= 11 is 3.49. The molecule has 1 aromatic carbocycles. The van der Waals surface area contributed by atoms with Gasteiger partial charge in [-0.25, -0.2) is 0 Å². The smallest absolute Gasteiger partial charge is 0.123 e. The minimum absolute atomic E-state index is 0.0206. The molecule has 0 aliphatic carbocycles. The van der Waals surface area contributed by atoms with Crippen molar-refractivity contribution < 1.29 is 0 Å². The van der Waals surface area contributed by atoms with Crippen molar-refractivity contribution in [2.45, 2.75) is 31.7 Å². The van der Waals surface area contributed by atoms with Gasteiger partial charge in [-0.15, -0.1) is 0 Å². The molecule has 0 spiro atoms. The third kappa shape index (κ3) is 2.27. The van der Waals surface area contributed by atoms with Crippen LogP contribution in [0, 0.1) is 17.2 Å². The molecule has 0 radical (unpaired) electrons. The van der Waals surface area contributed by atoms with Gasteiger partial charge in [-0.2, -0.15) is 5.26 Å². The Morgan fingerprint density at radius 3 is 2.83 bits per heavy atom. The summed E-state index contributed by atoms with van der Waals surface area (Å²) < 4.78 is 0. The molecule has 3 unspecified atom stereocenters. The number of hydrogen-bond acceptors (Lipinski definition) is 2. The highest BCUT2D eigenvalue weighted by Gasteiger charge is 2.39. The van der Waals surface area contributed by atoms with Crippen molar-refractivity contribution in [3.8, 4) is 6.07 Å². The standard InChI is InChI=1S/C15H19BrN2/c1-11(6-5-9-16)15-12-7-3-4-8-13(12)18(2)14(15)10-17/h3-4,7-8,11,14-15H,5-6,9H2,1-2H3. The lowest BCUT2D eigenvalue weighted by atomic mass is 9.82. The summed E-state index contributed by atoms with van der Waals surface area (Å²) in [6.07, 6.45) is 2.33. The maximum absolute atomic E-state index is 9.45. The van der Waals surface area contributed by atoms with Crippen LogP contribution in [0.3, 0.4) is 0 Å². The van der Waals surface area contributed by atoms with Crippen LogP contribution in [0.4, 0.5) is 5.69 Å². The zero-order chi connectivity index (χ0) is 13.1. The average molecular weight is 307 g/mol. The van der Waals surface area contributed by atoms with Gasteiger partial charge in [0.2, 0.25) is 0 Å². The maximum Gasteiger partial charge on any atom is 0.123 e. The summed E-state index contributed by atoms with van der Waals surface area (Å²) in [4.78, 5) is 2.13. The number of nitriles is 1. The van der Waals surface area contributed by atoms with Crippen LogP contribution in [0.15, 0.2) is 24.3 Å². The Morgan fingerprint density at radius 2 is 2.17 bits per heavy atom. The quantitative estimate of drug-likeness (QED) is 0.788. The molecule has 1 aliphatic heterocycles. The number of fused-ring (bicyclic) bond motifs is 1. The van der Waals surface area contributed by atoms with Crippen molar-refractivity contribution in [3.63, 3.8) is 0 Å². The predicted octanol–water partition coefficient (Wildman–Crippen LogP) is 3.92. The van der Waals surface area contributed by atoms with E-state index < -0.39 is 0 Å². The van der Waals surface area contributed by atoms with E-state index in [0.717, 1.165) is 11.8 Å². The van der Waals surface area contributed by atoms with Gasteiger partial charge in [0.15, 0.2) is 0 Å². The summed E-state index contributed by atoms with van der Waals surface area (Å²) in [7, 11) is 2.03. The van der Waals surface area contributed by atoms with Crippen molar-refractivity contribution in [3.05, 3.63) is 29.8 Å². The van der Waals surface area contributed by atoms with Crippen LogP contribution >= 0.6 is 15.9 Å². The van der Waals surface area contributed by atoms with E-state index in [-0.39, 0.29) is 6.04 Å². The van der Waals surface area contributed by atoms with Gasteiger partial charge >= 0.3 is 0 Å². The van der Waals surface area contributed by atoms with Crippen molar-refractivity contribution in [1.82, 2.24) is 0 Å². The summed E-state index contributed by atoms with van der Waals surface area (Å²) in [6, 6.07) is 10.9. The van der Waals surface area contributed by atoms with Crippen LogP contribution in [0.5, 0.6) is 0 Å². The van der Waals surface area contributed by atoms with E-state index in [1.807, 2.05) is 7.05 Å². The molecule has 0 aromatic heterocycles. The first-order chi connectivity index (χ1) is 8.70. The van der Waals surface area contributed by atoms with Crippen LogP contribution in [0.2, 0.25) is 0 Å². The van der Waals surface area contributed by atoms with E-state index in [0.29, 0.717) is 11.8 Å². The lowest BCUT2D eigenvalue weighted by Crippen LogP contribution is -2.31. The minimum atomic E-state index is -0.0206. The number of hydrogen-bond donors (Lipinski definition) is 0. The molecule has 0 N–H and O–H groups in total. The van der Waals surface area contributed by atoms with Crippen LogP contribution in [-0.4, -0.2) is 18.4 Å². The Kier molecular flexibility index (Phi) is 4.29. The normalized spacial score (nSPS) is 23.6. The third-order valence-electron chi connectivity index (χ3n) is 3.97. The predicted molar refractivity (Wildman–Crippen MR) is 79.2 cm³/mol. The highest BCUT2D eigenvalue weighted by molar-refractivity contribution is 9.09. The molecule has 18 heavy (non-hydrogen) atoms. The van der Waals surface area contributed by atoms with E-state index >= 15 is 0 Å². The van der Waals surface area contributed by atoms with Gasteiger partial charge < -0.3 is 4.90 Å². The van der Waals surface area contributed by atoms with Gasteiger partial charge in [0, 0.05) is 24.0 Å². The lowest BCUT2D eigenvalue weighted by Gasteiger charge is -2.25. The molecule has 2 rings (SSSR count). The fraction of sp³-hybridized carbons (Fsp3) is 0.533. The van der Waals surface area contributed by atoms with Gasteiger partial charge in [-0.05, 0) is 30.4 Å². The molecule has 3 heteroatoms. The molecule has 0 saturated heterocycles. The molecule has 1 aromatic rings. The Bertz CT molecular complexity index is 452. The van der Waals surface area contributed by atoms with Gasteiger partial charge in [-0.1, -0.05) is 41.1 Å². The van der Waals surface area contributed by atoms with Crippen LogP contribution in [-0.2, 0) is 0 Å². The first kappa shape index (κ1) is 13.4. The van der Waals surface area contributed by atoms with Crippen LogP contribution in [0.25, 0.3) is 0 Å². The summed E-state index contributed by atoms with van der Waals surface area (Å²) in [6.45, 7) is 2.27. The SMILES string of the molecule is CC(CCCBr)C1c2ccccc2N(C)C1C#N. The first-order valence-electron chi connectivity index (χ1n) is 6.48. The van der Waals surface area contributed by atoms with Crippen molar-refractivity contribution in [2.75, 3.05) is 17.3 Å². The van der Waals surface area contributed by atoms with Gasteiger partial charge in [0.05, 0.1) is 6.07 Å². The molecule has 1 aliphatic rings. The monoisotopic (exact) mass is 306 g/mol. The topological polar surface area (TPSA) is 27.0 Å². The Balaban J connectivity index is 2.30. The molecule has 0 bridgehead atoms. The van der Waals surface area contributed by atoms with E-state index in [1.54, 1.807) is 0 Å². The summed E-state index contributed by atoms with van der Waals surface area (Å²) in [5, 5.41) is 10.5. The largest absolute Gasteiger partial charge is 0.358 e. The molecular weight excluding hydrogens is 288 g/mol. The number of alkyl halides is 1. The van der Waals surface area contributed by atoms with Crippen LogP contribution in [0.1, 0.15) is 31.2 Å². The summed E-state index contributed by atoms with van der Waals surface area (Å²) in [5.74, 6) is 0.883. The van der Waals surface area contributed by atoms with E-state index in [4.69, 9.17) is 0 Å². The molecule has 0 saturated carbocycles. The minimum Gasteiger partial charge on any atom is -0.358 e. The third-order valence-corrected chi connectivity index (χ3v) is 4.53. The molecule has 3 atom stereocenters. The number of likely N-dealkylation sites (N-methyl/N-ethyl adjacent to an activating group) is 1. The number of nitrogens with zero attached hydrogens (tertiary/aromatic N) is 2. The molecule has 2 nitrogen and oxygen atoms in total. The average Bonchev–Trinajstić information content (AvgIpc) is 2.69. The fourth-order valence-corrected chi connectivity index (χ4v) is 3.34. The fourth-order valence-electron chi connectivity index (χ4n) is 3.01. The summed E-state index contributed by atoms with van der Waals surface area (Å²) in [5.41, 5.74) is 2.56. The van der Waals surface area contributed by atoms with Crippen molar-refractivity contribution >= 4 is 21.6 Å². The van der Waals surface area contributed by atoms with Crippen molar-refractivity contribution in [2.24, 2.45) is 5.92 Å². The van der Waals surface area contributed by atoms with E-state index in [9.17, 15) is 5.26 Å². The zero-order valence-electron chi connectivity index (χ0n) is 10.9. The number of para-hydroxylation sites is 1. The lowest BCUT2D eigenvalue weighted by molar-refractivity contribution is 0.413. The highest BCUT2D eigenvalue weighted by atomic mass is 79.9. The second-order valence-corrected chi connectivity index (χ2v) is 5.87. The second kappa shape index (κ2) is 5.75. The number of halogens is 1. The van der Waals surface area contributed by atoms with E-state index in [1.165, 1.54) is 17.7 Å². The van der Waals surface area contributed by atoms with Gasteiger partial charge in [-0.3, -0.25) is 0 Å². The maximum atomic E-state index is 9.45. The van der Waals surface area contributed by atoms with Crippen LogP contribution < -0.4 is 4.90 Å². The number of benzene rings is 1. The van der Waals surface area contributed by atoms with Gasteiger partial charge in [0.25, 0.3) is 0 Å². The zero-order valence-corrected chi connectivity index (χ0v) is 12.5. The molecular formula is C15H19BrN2. The van der Waals surface area contributed by atoms with E-state index in [2.05, 4.69) is 58.1 Å². The molecule has 1 heterocycles. The molecule has 0 amide bonds. The number of anilines is 1. The Hall–Kier alpha value is -1.01. The highest BCUT2D eigenvalue weighted by Crippen LogP contribution is 2.44.